The molecule has 9 nitrogen and oxygen atoms in total. The zero-order chi connectivity index (χ0) is 25.3. The smallest absolute Gasteiger partial charge is 0.245 e. The van der Waals surface area contributed by atoms with Crippen LogP contribution in [-0.4, -0.2) is 78.1 Å². The standard InChI is InChI=1S/C26H30N6O3S/c1-19(33)18-30-12-14-31(15-13-30)22-5-3-4-21(16-22)28-26-27-17-23-8-11-25(32(23)29-26)20-6-9-24(10-7-20)36(2,34)35/h3-11,16-17,19,33H,12-15,18H2,1-2H3,(H,28,29)/t19-/m0/s1. The molecule has 0 saturated carbocycles. The monoisotopic (exact) mass is 506 g/mol. The third-order valence-corrected chi connectivity index (χ3v) is 7.47. The number of fused-ring (bicyclic) bond motifs is 1. The molecule has 1 saturated heterocycles. The van der Waals surface area contributed by atoms with Gasteiger partial charge in [0.15, 0.2) is 9.84 Å². The van der Waals surface area contributed by atoms with Gasteiger partial charge in [-0.2, -0.15) is 0 Å². The molecule has 3 heterocycles. The molecule has 188 valence electrons. The van der Waals surface area contributed by atoms with Crippen LogP contribution in [0.25, 0.3) is 16.8 Å². The summed E-state index contributed by atoms with van der Waals surface area (Å²) in [5, 5.41) is 17.6. The van der Waals surface area contributed by atoms with Crippen molar-refractivity contribution in [2.24, 2.45) is 0 Å². The second kappa shape index (κ2) is 9.88. The number of sulfone groups is 1. The van der Waals surface area contributed by atoms with Gasteiger partial charge in [-0.05, 0) is 49.4 Å². The Morgan fingerprint density at radius 3 is 2.47 bits per heavy atom. The van der Waals surface area contributed by atoms with Gasteiger partial charge in [-0.15, -0.1) is 5.10 Å². The van der Waals surface area contributed by atoms with Gasteiger partial charge in [-0.25, -0.2) is 17.9 Å². The van der Waals surface area contributed by atoms with Crippen molar-refractivity contribution in [3.63, 3.8) is 0 Å². The quantitative estimate of drug-likeness (QED) is 0.394. The van der Waals surface area contributed by atoms with E-state index in [-0.39, 0.29) is 11.0 Å². The van der Waals surface area contributed by atoms with Crippen LogP contribution in [0.1, 0.15) is 6.92 Å². The fourth-order valence-corrected chi connectivity index (χ4v) is 5.15. The lowest BCUT2D eigenvalue weighted by molar-refractivity contribution is 0.123. The van der Waals surface area contributed by atoms with E-state index < -0.39 is 9.84 Å². The number of benzene rings is 2. The molecule has 2 aromatic carbocycles. The van der Waals surface area contributed by atoms with Crippen LogP contribution < -0.4 is 10.2 Å². The predicted octanol–water partition coefficient (Wildman–Crippen LogP) is 3.05. The molecular formula is C26H30N6O3S. The van der Waals surface area contributed by atoms with E-state index in [9.17, 15) is 13.5 Å². The SMILES string of the molecule is C[C@H](O)CN1CCN(c2cccc(Nc3ncc4ccc(-c5ccc(S(C)(=O)=O)cc5)n4n3)c2)CC1. The summed E-state index contributed by atoms with van der Waals surface area (Å²) in [4.78, 5) is 9.39. The molecule has 2 N–H and O–H groups in total. The summed E-state index contributed by atoms with van der Waals surface area (Å²) in [6.45, 7) is 6.19. The largest absolute Gasteiger partial charge is 0.392 e. The first-order valence-corrected chi connectivity index (χ1v) is 13.8. The highest BCUT2D eigenvalue weighted by Crippen LogP contribution is 2.26. The molecule has 1 aliphatic rings. The van der Waals surface area contributed by atoms with Gasteiger partial charge < -0.3 is 15.3 Å². The van der Waals surface area contributed by atoms with Crippen LogP contribution >= 0.6 is 0 Å². The van der Waals surface area contributed by atoms with Crippen LogP contribution in [0.15, 0.2) is 71.8 Å². The maximum atomic E-state index is 11.8. The molecule has 1 aliphatic heterocycles. The lowest BCUT2D eigenvalue weighted by Crippen LogP contribution is -2.48. The number of anilines is 3. The molecule has 4 aromatic rings. The molecule has 5 rings (SSSR count). The van der Waals surface area contributed by atoms with Gasteiger partial charge in [0.05, 0.1) is 28.4 Å². The van der Waals surface area contributed by atoms with Crippen LogP contribution in [0.2, 0.25) is 0 Å². The summed E-state index contributed by atoms with van der Waals surface area (Å²) in [5.74, 6) is 0.464. The van der Waals surface area contributed by atoms with E-state index in [0.29, 0.717) is 12.5 Å². The first kappa shape index (κ1) is 24.2. The molecule has 1 atom stereocenters. The fraction of sp³-hybridized carbons (Fsp3) is 0.308. The first-order valence-electron chi connectivity index (χ1n) is 11.9. The van der Waals surface area contributed by atoms with Gasteiger partial charge in [0.1, 0.15) is 0 Å². The third-order valence-electron chi connectivity index (χ3n) is 6.34. The first-order chi connectivity index (χ1) is 17.3. The van der Waals surface area contributed by atoms with Crippen LogP contribution in [0.3, 0.4) is 0 Å². The fourth-order valence-electron chi connectivity index (χ4n) is 4.52. The Hall–Kier alpha value is -3.47. The number of aliphatic hydroxyl groups is 1. The Morgan fingerprint density at radius 2 is 1.78 bits per heavy atom. The van der Waals surface area contributed by atoms with Crippen molar-refractivity contribution >= 4 is 32.7 Å². The molecule has 0 unspecified atom stereocenters. The van der Waals surface area contributed by atoms with E-state index in [1.165, 1.54) is 6.26 Å². The maximum Gasteiger partial charge on any atom is 0.245 e. The highest BCUT2D eigenvalue weighted by Gasteiger charge is 2.18. The molecular weight excluding hydrogens is 476 g/mol. The summed E-state index contributed by atoms with van der Waals surface area (Å²) in [5.41, 5.74) is 4.57. The lowest BCUT2D eigenvalue weighted by Gasteiger charge is -2.36. The van der Waals surface area contributed by atoms with E-state index in [0.717, 1.165) is 54.3 Å². The average Bonchev–Trinajstić information content (AvgIpc) is 3.27. The van der Waals surface area contributed by atoms with Crippen LogP contribution in [0, 0.1) is 0 Å². The maximum absolute atomic E-state index is 11.8. The van der Waals surface area contributed by atoms with Crippen molar-refractivity contribution in [3.05, 3.63) is 66.9 Å². The van der Waals surface area contributed by atoms with E-state index >= 15 is 0 Å². The van der Waals surface area contributed by atoms with Gasteiger partial charge in [0.2, 0.25) is 5.95 Å². The minimum Gasteiger partial charge on any atom is -0.392 e. The summed E-state index contributed by atoms with van der Waals surface area (Å²) in [7, 11) is -3.25. The molecule has 2 aromatic heterocycles. The number of nitrogens with one attached hydrogen (secondary N) is 1. The van der Waals surface area contributed by atoms with Gasteiger partial charge in [0, 0.05) is 55.9 Å². The Kier molecular flexibility index (Phi) is 6.65. The van der Waals surface area contributed by atoms with Crippen LogP contribution in [-0.2, 0) is 9.84 Å². The normalized spacial score (nSPS) is 15.8. The van der Waals surface area contributed by atoms with E-state index in [1.54, 1.807) is 35.0 Å². The van der Waals surface area contributed by atoms with Crippen LogP contribution in [0.4, 0.5) is 17.3 Å². The van der Waals surface area contributed by atoms with E-state index in [2.05, 4.69) is 37.3 Å². The number of aliphatic hydroxyl groups excluding tert-OH is 1. The van der Waals surface area contributed by atoms with E-state index in [4.69, 9.17) is 0 Å². The van der Waals surface area contributed by atoms with Gasteiger partial charge >= 0.3 is 0 Å². The van der Waals surface area contributed by atoms with Crippen molar-refractivity contribution in [2.45, 2.75) is 17.9 Å². The van der Waals surface area contributed by atoms with Crippen molar-refractivity contribution < 1.29 is 13.5 Å². The summed E-state index contributed by atoms with van der Waals surface area (Å²) in [6.07, 6.45) is 2.65. The van der Waals surface area contributed by atoms with Crippen molar-refractivity contribution in [1.29, 1.82) is 0 Å². The lowest BCUT2D eigenvalue weighted by atomic mass is 10.2. The molecule has 0 bridgehead atoms. The molecule has 0 amide bonds. The molecule has 0 aliphatic carbocycles. The molecule has 10 heteroatoms. The highest BCUT2D eigenvalue weighted by molar-refractivity contribution is 7.90. The third kappa shape index (κ3) is 5.35. The van der Waals surface area contributed by atoms with Crippen molar-refractivity contribution in [2.75, 3.05) is 49.2 Å². The average molecular weight is 507 g/mol. The highest BCUT2D eigenvalue weighted by atomic mass is 32.2. The van der Waals surface area contributed by atoms with Gasteiger partial charge in [-0.3, -0.25) is 4.90 Å². The molecule has 0 radical (unpaired) electrons. The number of rotatable bonds is 7. The Bertz CT molecular complexity index is 1460. The van der Waals surface area contributed by atoms with E-state index in [1.807, 2.05) is 31.2 Å². The second-order valence-electron chi connectivity index (χ2n) is 9.25. The minimum atomic E-state index is -3.25. The summed E-state index contributed by atoms with van der Waals surface area (Å²) < 4.78 is 25.4. The molecule has 0 spiro atoms. The molecule has 36 heavy (non-hydrogen) atoms. The topological polar surface area (TPSA) is 103 Å². The predicted molar refractivity (Wildman–Crippen MR) is 142 cm³/mol. The number of piperazine rings is 1. The second-order valence-corrected chi connectivity index (χ2v) is 11.3. The minimum absolute atomic E-state index is 0.286. The number of β-amino-alcohol motifs (C(OH)–C–C–N with tert-alkyl or cyclic N) is 1. The van der Waals surface area contributed by atoms with Crippen LogP contribution in [0.5, 0.6) is 0 Å². The Labute approximate surface area is 210 Å². The summed E-state index contributed by atoms with van der Waals surface area (Å²) >= 11 is 0. The zero-order valence-electron chi connectivity index (χ0n) is 20.4. The Balaban J connectivity index is 1.34. The van der Waals surface area contributed by atoms with Gasteiger partial charge in [0.25, 0.3) is 0 Å². The van der Waals surface area contributed by atoms with Crippen molar-refractivity contribution in [1.82, 2.24) is 19.5 Å². The summed E-state index contributed by atoms with van der Waals surface area (Å²) in [6, 6.07) is 18.9. The number of nitrogens with zero attached hydrogens (tertiary/aromatic N) is 5. The Morgan fingerprint density at radius 1 is 1.03 bits per heavy atom. The number of hydrogen-bond donors (Lipinski definition) is 2. The zero-order valence-corrected chi connectivity index (χ0v) is 21.2. The number of aromatic nitrogens is 3. The molecule has 1 fully saturated rings. The van der Waals surface area contributed by atoms with Gasteiger partial charge in [-0.1, -0.05) is 18.2 Å². The van der Waals surface area contributed by atoms with Crippen molar-refractivity contribution in [3.8, 4) is 11.3 Å². The number of hydrogen-bond acceptors (Lipinski definition) is 8.